The van der Waals surface area contributed by atoms with Gasteiger partial charge in [0.25, 0.3) is 0 Å². The van der Waals surface area contributed by atoms with Crippen LogP contribution in [0.1, 0.15) is 50.2 Å². The van der Waals surface area contributed by atoms with Crippen molar-refractivity contribution < 1.29 is 9.53 Å². The lowest BCUT2D eigenvalue weighted by atomic mass is 9.98. The zero-order valence-electron chi connectivity index (χ0n) is 14.1. The van der Waals surface area contributed by atoms with E-state index in [1.54, 1.807) is 0 Å². The molecule has 1 saturated heterocycles. The molecule has 5 nitrogen and oxygen atoms in total. The van der Waals surface area contributed by atoms with Gasteiger partial charge in [-0.25, -0.2) is 4.79 Å². The van der Waals surface area contributed by atoms with Gasteiger partial charge in [0, 0.05) is 17.7 Å². The van der Waals surface area contributed by atoms with Gasteiger partial charge in [-0.15, -0.1) is 5.10 Å². The van der Waals surface area contributed by atoms with Gasteiger partial charge >= 0.3 is 6.09 Å². The van der Waals surface area contributed by atoms with Crippen LogP contribution in [0.4, 0.5) is 4.79 Å². The highest BCUT2D eigenvalue weighted by Gasteiger charge is 2.27. The van der Waals surface area contributed by atoms with Crippen molar-refractivity contribution in [3.8, 4) is 0 Å². The minimum absolute atomic E-state index is 0.342. The van der Waals surface area contributed by atoms with E-state index in [1.807, 2.05) is 24.3 Å². The second-order valence-electron chi connectivity index (χ2n) is 6.57. The number of hydrogen-bond acceptors (Lipinski definition) is 4. The summed E-state index contributed by atoms with van der Waals surface area (Å²) < 4.78 is 5.52. The summed E-state index contributed by atoms with van der Waals surface area (Å²) in [6.45, 7) is 0. The number of carbonyl (C=O) groups excluding carboxylic acids is 1. The zero-order chi connectivity index (χ0) is 17.1. The molecule has 25 heavy (non-hydrogen) atoms. The van der Waals surface area contributed by atoms with E-state index >= 15 is 0 Å². The molecule has 2 aromatic carbocycles. The highest BCUT2D eigenvalue weighted by Crippen LogP contribution is 2.30. The van der Waals surface area contributed by atoms with Gasteiger partial charge in [0.15, 0.2) is 0 Å². The Balaban J connectivity index is 1.61. The maximum Gasteiger partial charge on any atom is 0.413 e. The average Bonchev–Trinajstić information content (AvgIpc) is 2.66. The number of nitrogens with one attached hydrogen (secondary N) is 1. The molecule has 1 amide bonds. The molecule has 0 bridgehead atoms. The number of ether oxygens (including phenoxy) is 1. The molecule has 2 aliphatic rings. The minimum Gasteiger partial charge on any atom is -0.441 e. The van der Waals surface area contributed by atoms with E-state index in [-0.39, 0.29) is 6.10 Å². The molecule has 0 aromatic heterocycles. The fourth-order valence-corrected chi connectivity index (χ4v) is 3.51. The van der Waals surface area contributed by atoms with E-state index < -0.39 is 6.09 Å². The number of cyclic esters (lactones) is 1. The first-order valence-electron chi connectivity index (χ1n) is 8.87. The molecule has 1 saturated carbocycles. The number of benzene rings is 2. The highest BCUT2D eigenvalue weighted by atomic mass is 16.6. The summed E-state index contributed by atoms with van der Waals surface area (Å²) in [6.07, 6.45) is 5.34. The molecule has 1 N–H and O–H groups in total. The Bertz CT molecular complexity index is 844. The fourth-order valence-electron chi connectivity index (χ4n) is 3.51. The van der Waals surface area contributed by atoms with Crippen LogP contribution in [0.3, 0.4) is 0 Å². The maximum absolute atomic E-state index is 12.0. The number of nitrogens with zero attached hydrogens (tertiary/aromatic N) is 2. The van der Waals surface area contributed by atoms with E-state index in [0.29, 0.717) is 12.3 Å². The molecule has 2 aromatic rings. The fraction of sp³-hybridized carbons (Fsp3) is 0.350. The molecule has 1 aliphatic carbocycles. The topological polar surface area (TPSA) is 63.0 Å². The third kappa shape index (κ3) is 3.55. The SMILES string of the molecule is O=C1N/C(=N\N=C2CCCCC2)CC(c2cccc3ccccc23)O1. The van der Waals surface area contributed by atoms with Crippen LogP contribution in [-0.2, 0) is 4.74 Å². The number of fused-ring (bicyclic) bond motifs is 1. The summed E-state index contributed by atoms with van der Waals surface area (Å²) in [4.78, 5) is 12.0. The summed E-state index contributed by atoms with van der Waals surface area (Å²) >= 11 is 0. The largest absolute Gasteiger partial charge is 0.441 e. The van der Waals surface area contributed by atoms with Gasteiger partial charge in [-0.1, -0.05) is 48.9 Å². The molecular weight excluding hydrogens is 314 g/mol. The molecular formula is C20H21N3O2. The summed E-state index contributed by atoms with van der Waals surface area (Å²) in [6, 6.07) is 14.2. The van der Waals surface area contributed by atoms with Crippen molar-refractivity contribution in [2.45, 2.75) is 44.6 Å². The van der Waals surface area contributed by atoms with E-state index in [9.17, 15) is 4.79 Å². The molecule has 128 valence electrons. The molecule has 1 atom stereocenters. The number of carbonyl (C=O) groups is 1. The van der Waals surface area contributed by atoms with Gasteiger partial charge in [-0.2, -0.15) is 5.10 Å². The van der Waals surface area contributed by atoms with Gasteiger partial charge in [-0.3, -0.25) is 5.32 Å². The second kappa shape index (κ2) is 7.05. The number of hydrogen-bond donors (Lipinski definition) is 1. The number of rotatable bonds is 2. The van der Waals surface area contributed by atoms with Gasteiger partial charge in [0.05, 0.1) is 0 Å². The van der Waals surface area contributed by atoms with Crippen molar-refractivity contribution in [2.75, 3.05) is 0 Å². The minimum atomic E-state index is -0.466. The number of amides is 1. The van der Waals surface area contributed by atoms with Crippen LogP contribution in [0.5, 0.6) is 0 Å². The van der Waals surface area contributed by atoms with Gasteiger partial charge in [0.2, 0.25) is 0 Å². The third-order valence-corrected chi connectivity index (χ3v) is 4.79. The van der Waals surface area contributed by atoms with Crippen molar-refractivity contribution in [1.29, 1.82) is 0 Å². The van der Waals surface area contributed by atoms with E-state index in [0.717, 1.165) is 34.9 Å². The van der Waals surface area contributed by atoms with Crippen molar-refractivity contribution in [2.24, 2.45) is 10.2 Å². The van der Waals surface area contributed by atoms with Crippen LogP contribution >= 0.6 is 0 Å². The Morgan fingerprint density at radius 1 is 0.960 bits per heavy atom. The van der Waals surface area contributed by atoms with Crippen LogP contribution < -0.4 is 5.32 Å². The number of alkyl carbamates (subject to hydrolysis) is 1. The lowest BCUT2D eigenvalue weighted by molar-refractivity contribution is 0.0967. The molecule has 1 aliphatic heterocycles. The first-order chi connectivity index (χ1) is 12.3. The Morgan fingerprint density at radius 2 is 1.76 bits per heavy atom. The maximum atomic E-state index is 12.0. The van der Waals surface area contributed by atoms with Crippen molar-refractivity contribution in [3.05, 3.63) is 48.0 Å². The summed E-state index contributed by atoms with van der Waals surface area (Å²) in [7, 11) is 0. The summed E-state index contributed by atoms with van der Waals surface area (Å²) in [5.41, 5.74) is 2.13. The molecule has 5 heteroatoms. The summed E-state index contributed by atoms with van der Waals surface area (Å²) in [5.74, 6) is 0.576. The van der Waals surface area contributed by atoms with Crippen LogP contribution in [0, 0.1) is 0 Å². The van der Waals surface area contributed by atoms with Gasteiger partial charge < -0.3 is 4.74 Å². The molecule has 1 unspecified atom stereocenters. The lowest BCUT2D eigenvalue weighted by Crippen LogP contribution is -2.39. The van der Waals surface area contributed by atoms with Crippen LogP contribution in [0.2, 0.25) is 0 Å². The van der Waals surface area contributed by atoms with Crippen LogP contribution in [0.25, 0.3) is 10.8 Å². The van der Waals surface area contributed by atoms with E-state index in [2.05, 4.69) is 33.7 Å². The predicted molar refractivity (Wildman–Crippen MR) is 98.9 cm³/mol. The van der Waals surface area contributed by atoms with E-state index in [1.165, 1.54) is 19.3 Å². The van der Waals surface area contributed by atoms with E-state index in [4.69, 9.17) is 4.74 Å². The third-order valence-electron chi connectivity index (χ3n) is 4.79. The zero-order valence-corrected chi connectivity index (χ0v) is 14.1. The Labute approximate surface area is 146 Å². The monoisotopic (exact) mass is 335 g/mol. The second-order valence-corrected chi connectivity index (χ2v) is 6.57. The average molecular weight is 335 g/mol. The predicted octanol–water partition coefficient (Wildman–Crippen LogP) is 4.73. The standard InChI is InChI=1S/C20H21N3O2/c24-20-21-19(23-22-15-9-2-1-3-10-15)13-18(25-20)17-12-6-8-14-7-4-5-11-16(14)17/h4-8,11-12,18H,1-3,9-10,13H2,(H,21,23,24). The molecule has 2 fully saturated rings. The Hall–Kier alpha value is -2.69. The van der Waals surface area contributed by atoms with Gasteiger partial charge in [-0.05, 0) is 36.5 Å². The first kappa shape index (κ1) is 15.8. The van der Waals surface area contributed by atoms with Crippen LogP contribution in [-0.4, -0.2) is 17.6 Å². The Kier molecular flexibility index (Phi) is 4.46. The summed E-state index contributed by atoms with van der Waals surface area (Å²) in [5, 5.41) is 13.6. The highest BCUT2D eigenvalue weighted by molar-refractivity contribution is 5.99. The lowest BCUT2D eigenvalue weighted by Gasteiger charge is -2.25. The van der Waals surface area contributed by atoms with Crippen molar-refractivity contribution in [1.82, 2.24) is 5.32 Å². The van der Waals surface area contributed by atoms with Crippen molar-refractivity contribution >= 4 is 28.4 Å². The first-order valence-corrected chi connectivity index (χ1v) is 8.87. The van der Waals surface area contributed by atoms with Gasteiger partial charge in [0.1, 0.15) is 11.9 Å². The molecule has 1 heterocycles. The number of amidine groups is 1. The molecule has 0 spiro atoms. The normalized spacial score (nSPS) is 22.6. The Morgan fingerprint density at radius 3 is 2.64 bits per heavy atom. The smallest absolute Gasteiger partial charge is 0.413 e. The van der Waals surface area contributed by atoms with Crippen molar-refractivity contribution in [3.63, 3.8) is 0 Å². The molecule has 0 radical (unpaired) electrons. The van der Waals surface area contributed by atoms with Crippen LogP contribution in [0.15, 0.2) is 52.7 Å². The molecule has 4 rings (SSSR count). The quantitative estimate of drug-likeness (QED) is 0.806.